The largest absolute Gasteiger partial charge is 0.308 e. The molecule has 54 valence electrons. The van der Waals surface area contributed by atoms with Crippen LogP contribution in [0.4, 0.5) is 0 Å². The second-order valence-electron chi connectivity index (χ2n) is 2.59. The fraction of sp³-hybridized carbons (Fsp3) is 0.571. The zero-order valence-corrected chi connectivity index (χ0v) is 6.74. The summed E-state index contributed by atoms with van der Waals surface area (Å²) in [6.07, 6.45) is 1.25. The van der Waals surface area contributed by atoms with E-state index in [1.807, 2.05) is 6.92 Å². The van der Waals surface area contributed by atoms with E-state index in [1.54, 1.807) is 11.3 Å². The Kier molecular flexibility index (Phi) is 1.47. The average molecular weight is 154 g/mol. The van der Waals surface area contributed by atoms with Crippen molar-refractivity contribution in [1.29, 1.82) is 0 Å². The maximum atomic E-state index is 4.39. The summed E-state index contributed by atoms with van der Waals surface area (Å²) in [7, 11) is 0. The first-order chi connectivity index (χ1) is 4.86. The first kappa shape index (κ1) is 6.31. The molecule has 1 unspecified atom stereocenters. The van der Waals surface area contributed by atoms with Crippen LogP contribution >= 0.6 is 11.3 Å². The number of nitrogens with zero attached hydrogens (tertiary/aromatic N) is 1. The molecule has 2 rings (SSSR count). The summed E-state index contributed by atoms with van der Waals surface area (Å²) in [6.45, 7) is 3.20. The molecule has 1 atom stereocenters. The van der Waals surface area contributed by atoms with Crippen molar-refractivity contribution >= 4 is 11.3 Å². The summed E-state index contributed by atoms with van der Waals surface area (Å²) in [5.41, 5.74) is 1.23. The molecule has 2 heterocycles. The standard InChI is InChI=1S/C7H10N2S/c1-5-9-7(4-10-5)6-2-3-8-6/h4,6,8H,2-3H2,1H3. The van der Waals surface area contributed by atoms with E-state index in [0.29, 0.717) is 6.04 Å². The molecule has 1 aromatic rings. The van der Waals surface area contributed by atoms with Crippen LogP contribution in [0.3, 0.4) is 0 Å². The third-order valence-corrected chi connectivity index (χ3v) is 2.61. The fourth-order valence-electron chi connectivity index (χ4n) is 1.08. The summed E-state index contributed by atoms with van der Waals surface area (Å²) in [5.74, 6) is 0. The van der Waals surface area contributed by atoms with Crippen molar-refractivity contribution in [2.24, 2.45) is 0 Å². The second-order valence-corrected chi connectivity index (χ2v) is 3.65. The highest BCUT2D eigenvalue weighted by Crippen LogP contribution is 2.23. The lowest BCUT2D eigenvalue weighted by molar-refractivity contribution is 0.376. The Morgan fingerprint density at radius 3 is 3.00 bits per heavy atom. The quantitative estimate of drug-likeness (QED) is 0.663. The number of rotatable bonds is 1. The molecule has 1 fully saturated rings. The van der Waals surface area contributed by atoms with Crippen LogP contribution in [0.1, 0.15) is 23.2 Å². The number of aromatic nitrogens is 1. The summed E-state index contributed by atoms with van der Waals surface area (Å²) >= 11 is 1.73. The van der Waals surface area contributed by atoms with E-state index >= 15 is 0 Å². The van der Waals surface area contributed by atoms with E-state index < -0.39 is 0 Å². The van der Waals surface area contributed by atoms with Gasteiger partial charge in [0, 0.05) is 5.38 Å². The average Bonchev–Trinajstić information content (AvgIpc) is 2.10. The highest BCUT2D eigenvalue weighted by Gasteiger charge is 2.20. The first-order valence-electron chi connectivity index (χ1n) is 3.51. The number of hydrogen-bond acceptors (Lipinski definition) is 3. The summed E-state index contributed by atoms with van der Waals surface area (Å²) in [4.78, 5) is 4.39. The van der Waals surface area contributed by atoms with Crippen molar-refractivity contribution in [3.05, 3.63) is 16.1 Å². The van der Waals surface area contributed by atoms with E-state index in [4.69, 9.17) is 0 Å². The molecule has 1 saturated heterocycles. The number of aryl methyl sites for hydroxylation is 1. The lowest BCUT2D eigenvalue weighted by atomic mass is 10.1. The number of hydrogen-bond donors (Lipinski definition) is 1. The van der Waals surface area contributed by atoms with Gasteiger partial charge in [0.2, 0.25) is 0 Å². The minimum atomic E-state index is 0.560. The van der Waals surface area contributed by atoms with Crippen LogP contribution in [0, 0.1) is 6.92 Å². The molecular formula is C7H10N2S. The van der Waals surface area contributed by atoms with E-state index in [9.17, 15) is 0 Å². The molecule has 0 radical (unpaired) electrons. The van der Waals surface area contributed by atoms with Crippen molar-refractivity contribution in [1.82, 2.24) is 10.3 Å². The first-order valence-corrected chi connectivity index (χ1v) is 4.39. The van der Waals surface area contributed by atoms with Gasteiger partial charge < -0.3 is 5.32 Å². The summed E-state index contributed by atoms with van der Waals surface area (Å²) in [5, 5.41) is 6.63. The van der Waals surface area contributed by atoms with Crippen LogP contribution in [-0.2, 0) is 0 Å². The third kappa shape index (κ3) is 0.954. The van der Waals surface area contributed by atoms with Crippen molar-refractivity contribution in [2.45, 2.75) is 19.4 Å². The maximum absolute atomic E-state index is 4.39. The topological polar surface area (TPSA) is 24.9 Å². The van der Waals surface area contributed by atoms with Crippen molar-refractivity contribution in [3.63, 3.8) is 0 Å². The molecule has 3 heteroatoms. The number of nitrogens with one attached hydrogen (secondary N) is 1. The van der Waals surface area contributed by atoms with Gasteiger partial charge in [-0.2, -0.15) is 0 Å². The molecule has 0 aliphatic carbocycles. The van der Waals surface area contributed by atoms with E-state index in [2.05, 4.69) is 15.7 Å². The molecule has 1 aliphatic rings. The summed E-state index contributed by atoms with van der Waals surface area (Å²) in [6, 6.07) is 0.560. The van der Waals surface area contributed by atoms with Crippen LogP contribution in [0.5, 0.6) is 0 Å². The SMILES string of the molecule is Cc1nc(C2CCN2)cs1. The zero-order valence-electron chi connectivity index (χ0n) is 5.92. The van der Waals surface area contributed by atoms with Crippen LogP contribution in [0.2, 0.25) is 0 Å². The van der Waals surface area contributed by atoms with Crippen LogP contribution in [0.15, 0.2) is 5.38 Å². The van der Waals surface area contributed by atoms with Gasteiger partial charge in [-0.1, -0.05) is 0 Å². The van der Waals surface area contributed by atoms with Gasteiger partial charge in [-0.05, 0) is 19.9 Å². The van der Waals surface area contributed by atoms with Crippen molar-refractivity contribution in [2.75, 3.05) is 6.54 Å². The van der Waals surface area contributed by atoms with Gasteiger partial charge in [-0.3, -0.25) is 0 Å². The molecule has 0 bridgehead atoms. The molecule has 0 spiro atoms. The van der Waals surface area contributed by atoms with Crippen molar-refractivity contribution in [3.8, 4) is 0 Å². The Hall–Kier alpha value is -0.410. The highest BCUT2D eigenvalue weighted by molar-refractivity contribution is 7.09. The monoisotopic (exact) mass is 154 g/mol. The third-order valence-electron chi connectivity index (χ3n) is 1.82. The minimum Gasteiger partial charge on any atom is -0.308 e. The van der Waals surface area contributed by atoms with Crippen LogP contribution in [0.25, 0.3) is 0 Å². The molecule has 1 aliphatic heterocycles. The smallest absolute Gasteiger partial charge is 0.0898 e. The lowest BCUT2D eigenvalue weighted by Gasteiger charge is -2.25. The van der Waals surface area contributed by atoms with Gasteiger partial charge in [0.25, 0.3) is 0 Å². The van der Waals surface area contributed by atoms with Gasteiger partial charge in [0.05, 0.1) is 16.7 Å². The Morgan fingerprint density at radius 2 is 2.60 bits per heavy atom. The molecule has 0 aromatic carbocycles. The van der Waals surface area contributed by atoms with Gasteiger partial charge >= 0.3 is 0 Å². The minimum absolute atomic E-state index is 0.560. The fourth-order valence-corrected chi connectivity index (χ4v) is 1.75. The molecule has 2 nitrogen and oxygen atoms in total. The lowest BCUT2D eigenvalue weighted by Crippen LogP contribution is -2.35. The second kappa shape index (κ2) is 2.32. The van der Waals surface area contributed by atoms with Gasteiger partial charge in [0.1, 0.15) is 0 Å². The van der Waals surface area contributed by atoms with E-state index in [-0.39, 0.29) is 0 Å². The molecule has 0 saturated carbocycles. The van der Waals surface area contributed by atoms with Gasteiger partial charge in [0.15, 0.2) is 0 Å². The molecule has 1 N–H and O–H groups in total. The van der Waals surface area contributed by atoms with E-state index in [1.165, 1.54) is 17.1 Å². The molecule has 10 heavy (non-hydrogen) atoms. The highest BCUT2D eigenvalue weighted by atomic mass is 32.1. The Labute approximate surface area is 64.3 Å². The predicted molar refractivity (Wildman–Crippen MR) is 42.2 cm³/mol. The predicted octanol–water partition coefficient (Wildman–Crippen LogP) is 1.49. The van der Waals surface area contributed by atoms with Crippen molar-refractivity contribution < 1.29 is 0 Å². The molecule has 1 aromatic heterocycles. The number of thiazole rings is 1. The van der Waals surface area contributed by atoms with E-state index in [0.717, 1.165) is 6.54 Å². The zero-order chi connectivity index (χ0) is 6.97. The van der Waals surface area contributed by atoms with Crippen LogP contribution < -0.4 is 5.32 Å². The normalized spacial score (nSPS) is 24.3. The molecular weight excluding hydrogens is 144 g/mol. The van der Waals surface area contributed by atoms with Gasteiger partial charge in [-0.15, -0.1) is 11.3 Å². The summed E-state index contributed by atoms with van der Waals surface area (Å²) < 4.78 is 0. The Bertz CT molecular complexity index is 227. The maximum Gasteiger partial charge on any atom is 0.0898 e. The Morgan fingerprint density at radius 1 is 1.80 bits per heavy atom. The Balaban J connectivity index is 2.17. The van der Waals surface area contributed by atoms with Crippen LogP contribution in [-0.4, -0.2) is 11.5 Å². The molecule has 0 amide bonds. The van der Waals surface area contributed by atoms with Gasteiger partial charge in [-0.25, -0.2) is 4.98 Å².